The quantitative estimate of drug-likeness (QED) is 0.259. The number of piperidine rings is 3. The Morgan fingerprint density at radius 2 is 2.13 bits per heavy atom. The lowest BCUT2D eigenvalue weighted by Gasteiger charge is -2.42. The summed E-state index contributed by atoms with van der Waals surface area (Å²) < 4.78 is 35.8. The van der Waals surface area contributed by atoms with Crippen LogP contribution in [0.3, 0.4) is 0 Å². The van der Waals surface area contributed by atoms with Gasteiger partial charge in [0.15, 0.2) is 5.82 Å². The predicted molar refractivity (Wildman–Crippen MR) is 169 cm³/mol. The molecule has 11 nitrogen and oxygen atoms in total. The summed E-state index contributed by atoms with van der Waals surface area (Å²) in [5.74, 6) is 0.982. The number of anilines is 2. The van der Waals surface area contributed by atoms with Crippen molar-refractivity contribution in [3.8, 4) is 17.0 Å². The second-order valence-electron chi connectivity index (χ2n) is 12.0. The third-order valence-electron chi connectivity index (χ3n) is 9.02. The molecular formula is C30H33ClF2N8O3S. The normalized spacial score (nSPS) is 23.2. The first kappa shape index (κ1) is 29.9. The molecule has 3 unspecified atom stereocenters. The maximum Gasteiger partial charge on any atom is 0.265 e. The molecule has 8 rings (SSSR count). The Morgan fingerprint density at radius 3 is 2.89 bits per heavy atom. The van der Waals surface area contributed by atoms with E-state index in [-0.39, 0.29) is 23.9 Å². The van der Waals surface area contributed by atoms with Crippen molar-refractivity contribution in [2.45, 2.75) is 63.3 Å². The number of amides is 1. The first-order valence-electron chi connectivity index (χ1n) is 15.1. The van der Waals surface area contributed by atoms with Crippen LogP contribution in [-0.2, 0) is 6.54 Å². The monoisotopic (exact) mass is 658 g/mol. The standard InChI is InChI=1S/C30H33ClF2N8O3S/c31-24-10-23(44-22-8-18-5-3-16(22)11-35-18)28(45-24)30(43)38-19-2-1-7-39(13-19)21-9-20(41-27(21)29(34)36-15-37-41)17-4-6-26(42)40(12-17)14-25(32)33/h4,6,9-10,12,15-16,18-19,22,25,35H,1-3,5,7-8,11,13-14H2,(H,38,43)(H2,34,36,37)/t16?,18?,19-,22?/m1/s1. The number of fused-ring (bicyclic) bond motifs is 4. The van der Waals surface area contributed by atoms with Crippen LogP contribution in [-0.4, -0.2) is 69.3 Å². The average Bonchev–Trinajstić information content (AvgIpc) is 3.60. The Kier molecular flexibility index (Phi) is 8.12. The second-order valence-corrected chi connectivity index (χ2v) is 13.6. The second kappa shape index (κ2) is 12.2. The molecule has 1 amide bonds. The van der Waals surface area contributed by atoms with Gasteiger partial charge >= 0.3 is 0 Å². The molecule has 45 heavy (non-hydrogen) atoms. The number of nitrogens with zero attached hydrogens (tertiary/aromatic N) is 5. The van der Waals surface area contributed by atoms with Gasteiger partial charge in [0, 0.05) is 61.5 Å². The molecule has 0 spiro atoms. The lowest BCUT2D eigenvalue weighted by Crippen LogP contribution is -2.53. The van der Waals surface area contributed by atoms with Crippen molar-refractivity contribution in [1.82, 2.24) is 29.8 Å². The van der Waals surface area contributed by atoms with E-state index in [0.717, 1.165) is 48.9 Å². The summed E-state index contributed by atoms with van der Waals surface area (Å²) in [6.45, 7) is 1.41. The highest BCUT2D eigenvalue weighted by atomic mass is 35.5. The van der Waals surface area contributed by atoms with E-state index in [9.17, 15) is 18.4 Å². The molecule has 4 N–H and O–H groups in total. The lowest BCUT2D eigenvalue weighted by atomic mass is 9.79. The van der Waals surface area contributed by atoms with Crippen LogP contribution >= 0.6 is 22.9 Å². The summed E-state index contributed by atoms with van der Waals surface area (Å²) in [4.78, 5) is 32.6. The van der Waals surface area contributed by atoms with Crippen molar-refractivity contribution in [1.29, 1.82) is 0 Å². The fraction of sp³-hybridized carbons (Fsp3) is 0.467. The maximum absolute atomic E-state index is 13.6. The zero-order valence-electron chi connectivity index (χ0n) is 24.3. The lowest BCUT2D eigenvalue weighted by molar-refractivity contribution is 0.0410. The first-order chi connectivity index (χ1) is 21.7. The molecule has 7 heterocycles. The number of hydrogen-bond donors (Lipinski definition) is 3. The molecule has 1 aliphatic carbocycles. The Bertz CT molecular complexity index is 1790. The van der Waals surface area contributed by atoms with Gasteiger partial charge in [-0.15, -0.1) is 11.3 Å². The molecule has 1 saturated carbocycles. The van der Waals surface area contributed by atoms with E-state index in [2.05, 4.69) is 25.6 Å². The third kappa shape index (κ3) is 5.98. The molecule has 3 aliphatic heterocycles. The van der Waals surface area contributed by atoms with Gasteiger partial charge in [-0.25, -0.2) is 18.3 Å². The maximum atomic E-state index is 13.6. The van der Waals surface area contributed by atoms with E-state index in [0.29, 0.717) is 56.8 Å². The van der Waals surface area contributed by atoms with E-state index in [1.807, 2.05) is 6.07 Å². The van der Waals surface area contributed by atoms with Crippen LogP contribution in [0, 0.1) is 5.92 Å². The first-order valence-corrected chi connectivity index (χ1v) is 16.3. The Morgan fingerprint density at radius 1 is 1.27 bits per heavy atom. The highest BCUT2D eigenvalue weighted by Gasteiger charge is 2.38. The minimum absolute atomic E-state index is 0.0621. The molecule has 4 fully saturated rings. The smallest absolute Gasteiger partial charge is 0.265 e. The van der Waals surface area contributed by atoms with Gasteiger partial charge in [0.05, 0.1) is 22.3 Å². The molecule has 4 aromatic rings. The van der Waals surface area contributed by atoms with E-state index in [1.54, 1.807) is 16.6 Å². The predicted octanol–water partition coefficient (Wildman–Crippen LogP) is 4.04. The van der Waals surface area contributed by atoms with Crippen molar-refractivity contribution < 1.29 is 18.3 Å². The topological polar surface area (TPSA) is 132 Å². The molecule has 4 aromatic heterocycles. The minimum Gasteiger partial charge on any atom is -0.488 e. The summed E-state index contributed by atoms with van der Waals surface area (Å²) in [5, 5.41) is 11.1. The van der Waals surface area contributed by atoms with Gasteiger partial charge < -0.3 is 30.6 Å². The van der Waals surface area contributed by atoms with E-state index in [1.165, 1.54) is 29.9 Å². The van der Waals surface area contributed by atoms with Gasteiger partial charge in [0.25, 0.3) is 17.9 Å². The Labute approximate surface area is 266 Å². The average molecular weight is 659 g/mol. The summed E-state index contributed by atoms with van der Waals surface area (Å²) in [7, 11) is 0. The SMILES string of the molecule is Nc1ncnn2c(-c3ccc(=O)n(CC(F)F)c3)cc(N3CCC[C@@H](NC(=O)c4sc(Cl)cc4OC4CC5CCC4CN5)C3)c12. The summed E-state index contributed by atoms with van der Waals surface area (Å²) >= 11 is 7.59. The highest BCUT2D eigenvalue weighted by Crippen LogP contribution is 2.39. The van der Waals surface area contributed by atoms with Gasteiger partial charge in [-0.2, -0.15) is 5.10 Å². The van der Waals surface area contributed by atoms with Crippen LogP contribution in [0.25, 0.3) is 16.8 Å². The number of thiophene rings is 1. The van der Waals surface area contributed by atoms with Crippen molar-refractivity contribution in [3.63, 3.8) is 0 Å². The number of rotatable bonds is 8. The summed E-state index contributed by atoms with van der Waals surface area (Å²) in [6.07, 6.45) is 4.88. The zero-order chi connectivity index (χ0) is 31.2. The molecule has 238 valence electrons. The minimum atomic E-state index is -2.68. The summed E-state index contributed by atoms with van der Waals surface area (Å²) in [5.41, 5.74) is 8.22. The third-order valence-corrected chi connectivity index (χ3v) is 10.3. The molecule has 15 heteroatoms. The van der Waals surface area contributed by atoms with Gasteiger partial charge in [-0.1, -0.05) is 11.6 Å². The molecule has 0 radical (unpaired) electrons. The number of alkyl halides is 2. The number of pyridine rings is 1. The van der Waals surface area contributed by atoms with Gasteiger partial charge in [0.1, 0.15) is 28.6 Å². The Balaban J connectivity index is 1.12. The number of aromatic nitrogens is 4. The van der Waals surface area contributed by atoms with Gasteiger partial charge in [-0.05, 0) is 44.2 Å². The van der Waals surface area contributed by atoms with Gasteiger partial charge in [-0.3, -0.25) is 9.59 Å². The molecular weight excluding hydrogens is 626 g/mol. The van der Waals surface area contributed by atoms with Crippen LogP contribution in [0.5, 0.6) is 5.75 Å². The van der Waals surface area contributed by atoms with Crippen molar-refractivity contribution >= 4 is 45.9 Å². The number of carbonyl (C=O) groups excluding carboxylic acids is 1. The zero-order valence-corrected chi connectivity index (χ0v) is 25.9. The van der Waals surface area contributed by atoms with Crippen molar-refractivity contribution in [2.24, 2.45) is 5.92 Å². The highest BCUT2D eigenvalue weighted by molar-refractivity contribution is 7.18. The molecule has 2 bridgehead atoms. The van der Waals surface area contributed by atoms with E-state index >= 15 is 0 Å². The number of nitrogens with two attached hydrogens (primary N) is 1. The summed E-state index contributed by atoms with van der Waals surface area (Å²) in [6, 6.07) is 6.73. The molecule has 3 saturated heterocycles. The fourth-order valence-corrected chi connectivity index (χ4v) is 7.91. The number of nitrogen functional groups attached to an aromatic ring is 1. The van der Waals surface area contributed by atoms with E-state index < -0.39 is 18.5 Å². The van der Waals surface area contributed by atoms with Crippen LogP contribution in [0.15, 0.2) is 41.6 Å². The van der Waals surface area contributed by atoms with Crippen molar-refractivity contribution in [3.05, 3.63) is 56.4 Å². The van der Waals surface area contributed by atoms with Crippen LogP contribution in [0.1, 0.15) is 41.8 Å². The number of hydrogen-bond acceptors (Lipinski definition) is 9. The number of ether oxygens (including phenoxy) is 1. The van der Waals surface area contributed by atoms with Crippen molar-refractivity contribution in [2.75, 3.05) is 30.3 Å². The number of halogens is 3. The van der Waals surface area contributed by atoms with Crippen LogP contribution in [0.2, 0.25) is 4.34 Å². The van der Waals surface area contributed by atoms with Crippen LogP contribution < -0.4 is 31.6 Å². The largest absolute Gasteiger partial charge is 0.488 e. The number of nitrogens with one attached hydrogen (secondary N) is 2. The molecule has 4 atom stereocenters. The van der Waals surface area contributed by atoms with E-state index in [4.69, 9.17) is 22.1 Å². The van der Waals surface area contributed by atoms with Crippen LogP contribution in [0.4, 0.5) is 20.3 Å². The van der Waals surface area contributed by atoms with Gasteiger partial charge in [0.2, 0.25) is 0 Å². The fourth-order valence-electron chi connectivity index (χ4n) is 6.86. The molecule has 0 aromatic carbocycles. The Hall–Kier alpha value is -3.75. The molecule has 4 aliphatic rings. The number of carbonyl (C=O) groups is 1.